The van der Waals surface area contributed by atoms with E-state index in [2.05, 4.69) is 81.5 Å². The van der Waals surface area contributed by atoms with Gasteiger partial charge < -0.3 is 39.0 Å². The number of ether oxygens (including phenoxy) is 5. The van der Waals surface area contributed by atoms with E-state index in [0.29, 0.717) is 19.3 Å². The fourth-order valence-corrected chi connectivity index (χ4v) is 10.0. The van der Waals surface area contributed by atoms with Crippen molar-refractivity contribution in [1.82, 2.24) is 0 Å². The van der Waals surface area contributed by atoms with Gasteiger partial charge in [0.2, 0.25) is 0 Å². The predicted molar refractivity (Wildman–Crippen MR) is 331 cm³/mol. The number of hydrogen-bond donors (Lipinski definition) is 3. The molecule has 3 N–H and O–H groups in total. The molecule has 0 amide bonds. The first-order valence-electron chi connectivity index (χ1n) is 33.3. The second-order valence-electron chi connectivity index (χ2n) is 22.7. The third-order valence-corrected chi connectivity index (χ3v) is 15.1. The maximum atomic E-state index is 13.2. The number of allylic oxidation sites excluding steroid dienone is 10. The van der Waals surface area contributed by atoms with Gasteiger partial charge in [-0.25, -0.2) is 4.79 Å². The van der Waals surface area contributed by atoms with E-state index >= 15 is 0 Å². The van der Waals surface area contributed by atoms with Gasteiger partial charge in [-0.3, -0.25) is 14.4 Å². The lowest BCUT2D eigenvalue weighted by atomic mass is 9.98. The first-order valence-corrected chi connectivity index (χ1v) is 33.3. The van der Waals surface area contributed by atoms with Crippen molar-refractivity contribution in [2.45, 2.75) is 340 Å². The molecule has 1 saturated heterocycles. The number of carboxylic acids is 1. The largest absolute Gasteiger partial charge is 0.479 e. The highest BCUT2D eigenvalue weighted by molar-refractivity contribution is 5.74. The summed E-state index contributed by atoms with van der Waals surface area (Å²) in [6.45, 7) is 5.89. The average molecular weight is 1140 g/mol. The standard InChI is InChI=1S/C69H120O12/c1-4-7-10-13-16-19-22-25-27-29-31-33-35-38-40-43-46-49-52-55-61(70)77-58-60(79-62(71)56-53-50-47-44-41-37-24-21-18-15-12-9-6-3)59-78-69-67(65(74)64(73)66(81-69)68(75)76)80-63(72)57-54-51-48-45-42-39-36-34-32-30-28-26-23-20-17-14-11-8-5-2/h7,10,16,19,21,24-25,27,31,33,60,64-67,69,73-74H,4-6,8-9,11-15,17-18,20,22-23,26,28-30,32,34-59H2,1-3H3,(H,75,76)/b10-7-,19-16-,24-21-,27-25-,33-31-. The van der Waals surface area contributed by atoms with Crippen molar-refractivity contribution in [1.29, 1.82) is 0 Å². The minimum absolute atomic E-state index is 0.0619. The van der Waals surface area contributed by atoms with Gasteiger partial charge in [0.25, 0.3) is 0 Å². The Balaban J connectivity index is 2.63. The third-order valence-electron chi connectivity index (χ3n) is 15.1. The summed E-state index contributed by atoms with van der Waals surface area (Å²) in [5, 5.41) is 31.6. The van der Waals surface area contributed by atoms with Crippen molar-refractivity contribution in [3.05, 3.63) is 60.8 Å². The van der Waals surface area contributed by atoms with Crippen LogP contribution in [0.2, 0.25) is 0 Å². The highest BCUT2D eigenvalue weighted by Gasteiger charge is 2.50. The Bertz CT molecular complexity index is 1640. The summed E-state index contributed by atoms with van der Waals surface area (Å²) in [5.74, 6) is -3.13. The summed E-state index contributed by atoms with van der Waals surface area (Å²) in [6.07, 6.45) is 58.9. The summed E-state index contributed by atoms with van der Waals surface area (Å²) >= 11 is 0. The molecule has 6 unspecified atom stereocenters. The van der Waals surface area contributed by atoms with Gasteiger partial charge in [0.1, 0.15) is 18.8 Å². The van der Waals surface area contributed by atoms with Crippen LogP contribution in [0.25, 0.3) is 0 Å². The number of aliphatic hydroxyl groups excluding tert-OH is 2. The molecule has 0 bridgehead atoms. The van der Waals surface area contributed by atoms with Crippen LogP contribution in [-0.2, 0) is 42.9 Å². The van der Waals surface area contributed by atoms with Gasteiger partial charge in [0, 0.05) is 19.3 Å². The van der Waals surface area contributed by atoms with Crippen LogP contribution >= 0.6 is 0 Å². The second kappa shape index (κ2) is 56.9. The minimum atomic E-state index is -1.91. The Morgan fingerprint density at radius 1 is 0.420 bits per heavy atom. The van der Waals surface area contributed by atoms with Gasteiger partial charge in [0.05, 0.1) is 6.61 Å². The van der Waals surface area contributed by atoms with E-state index in [-0.39, 0.29) is 25.9 Å². The molecule has 0 saturated carbocycles. The zero-order chi connectivity index (χ0) is 58.9. The molecule has 81 heavy (non-hydrogen) atoms. The first kappa shape index (κ1) is 75.4. The number of carbonyl (C=O) groups excluding carboxylic acids is 3. The topological polar surface area (TPSA) is 175 Å². The molecule has 0 aromatic carbocycles. The van der Waals surface area contributed by atoms with Crippen LogP contribution in [0, 0.1) is 0 Å². The molecule has 12 heteroatoms. The molecule has 1 aliphatic rings. The number of unbranched alkanes of at least 4 members (excludes halogenated alkanes) is 33. The quantitative estimate of drug-likeness (QED) is 0.0228. The number of aliphatic carboxylic acids is 1. The minimum Gasteiger partial charge on any atom is -0.479 e. The molecule has 0 aliphatic carbocycles. The van der Waals surface area contributed by atoms with Crippen LogP contribution in [0.3, 0.4) is 0 Å². The first-order chi connectivity index (χ1) is 39.6. The Morgan fingerprint density at radius 2 is 0.778 bits per heavy atom. The van der Waals surface area contributed by atoms with E-state index < -0.39 is 67.3 Å². The Kier molecular flexibility index (Phi) is 53.0. The van der Waals surface area contributed by atoms with Crippen molar-refractivity contribution in [2.24, 2.45) is 0 Å². The lowest BCUT2D eigenvalue weighted by Crippen LogP contribution is -2.61. The lowest BCUT2D eigenvalue weighted by Gasteiger charge is -2.40. The van der Waals surface area contributed by atoms with E-state index in [9.17, 15) is 34.5 Å². The fourth-order valence-electron chi connectivity index (χ4n) is 10.0. The van der Waals surface area contributed by atoms with Crippen LogP contribution in [0.4, 0.5) is 0 Å². The zero-order valence-corrected chi connectivity index (χ0v) is 51.8. The van der Waals surface area contributed by atoms with Crippen molar-refractivity contribution in [2.75, 3.05) is 13.2 Å². The molecule has 1 heterocycles. The summed E-state index contributed by atoms with van der Waals surface area (Å²) in [7, 11) is 0. The van der Waals surface area contributed by atoms with Crippen LogP contribution in [0.5, 0.6) is 0 Å². The van der Waals surface area contributed by atoms with E-state index in [0.717, 1.165) is 128 Å². The highest BCUT2D eigenvalue weighted by Crippen LogP contribution is 2.27. The van der Waals surface area contributed by atoms with Gasteiger partial charge in [-0.15, -0.1) is 0 Å². The molecule has 0 spiro atoms. The highest BCUT2D eigenvalue weighted by atomic mass is 16.7. The summed E-state index contributed by atoms with van der Waals surface area (Å²) in [5.41, 5.74) is 0. The van der Waals surface area contributed by atoms with Gasteiger partial charge in [-0.05, 0) is 83.5 Å². The molecule has 468 valence electrons. The number of carboxylic acid groups (broad SMARTS) is 1. The maximum absolute atomic E-state index is 13.2. The fraction of sp³-hybridized carbons (Fsp3) is 0.797. The van der Waals surface area contributed by atoms with E-state index in [1.807, 2.05) is 0 Å². The molecule has 12 nitrogen and oxygen atoms in total. The van der Waals surface area contributed by atoms with Gasteiger partial charge in [-0.2, -0.15) is 0 Å². The third kappa shape index (κ3) is 46.5. The molecule has 6 atom stereocenters. The number of rotatable bonds is 57. The monoisotopic (exact) mass is 1140 g/mol. The SMILES string of the molecule is CC/C=C\C/C=C\C/C=C\C/C=C\CCCCCCCCC(=O)OCC(COC1OC(C(=O)O)C(O)C(O)C1OC(=O)CCCCCCCCCCCCCCCCCCCCC)OC(=O)CCCCCCC/C=C\CCCCCC. The summed E-state index contributed by atoms with van der Waals surface area (Å²) < 4.78 is 28.5. The molecule has 0 aromatic rings. The molecule has 0 aromatic heterocycles. The Morgan fingerprint density at radius 3 is 1.21 bits per heavy atom. The molecular formula is C69H120O12. The van der Waals surface area contributed by atoms with E-state index in [4.69, 9.17) is 23.7 Å². The van der Waals surface area contributed by atoms with Gasteiger partial charge in [0.15, 0.2) is 24.6 Å². The summed E-state index contributed by atoms with van der Waals surface area (Å²) in [4.78, 5) is 51.3. The number of esters is 3. The molecule has 0 radical (unpaired) electrons. The molecular weight excluding hydrogens is 1020 g/mol. The Labute approximate surface area is 494 Å². The van der Waals surface area contributed by atoms with Crippen molar-refractivity contribution in [3.63, 3.8) is 0 Å². The van der Waals surface area contributed by atoms with Crippen molar-refractivity contribution >= 4 is 23.9 Å². The predicted octanol–water partition coefficient (Wildman–Crippen LogP) is 17.9. The summed E-state index contributed by atoms with van der Waals surface area (Å²) in [6, 6.07) is 0. The van der Waals surface area contributed by atoms with Gasteiger partial charge in [-0.1, -0.05) is 261 Å². The molecule has 1 aliphatic heterocycles. The van der Waals surface area contributed by atoms with Crippen LogP contribution in [0.15, 0.2) is 60.8 Å². The molecule has 1 fully saturated rings. The van der Waals surface area contributed by atoms with E-state index in [1.165, 1.54) is 116 Å². The number of aliphatic hydroxyl groups is 2. The van der Waals surface area contributed by atoms with Crippen LogP contribution in [-0.4, -0.2) is 89.2 Å². The Hall–Kier alpha value is -3.58. The molecule has 1 rings (SSSR count). The zero-order valence-electron chi connectivity index (χ0n) is 51.8. The van der Waals surface area contributed by atoms with E-state index in [1.54, 1.807) is 0 Å². The van der Waals surface area contributed by atoms with Crippen LogP contribution < -0.4 is 0 Å². The lowest BCUT2D eigenvalue weighted by molar-refractivity contribution is -0.301. The smallest absolute Gasteiger partial charge is 0.335 e. The van der Waals surface area contributed by atoms with Crippen molar-refractivity contribution < 1.29 is 58.2 Å². The van der Waals surface area contributed by atoms with Crippen molar-refractivity contribution in [3.8, 4) is 0 Å². The average Bonchev–Trinajstić information content (AvgIpc) is 3.45. The second-order valence-corrected chi connectivity index (χ2v) is 22.7. The number of hydrogen-bond acceptors (Lipinski definition) is 11. The van der Waals surface area contributed by atoms with Gasteiger partial charge >= 0.3 is 23.9 Å². The van der Waals surface area contributed by atoms with Crippen LogP contribution in [0.1, 0.15) is 303 Å². The maximum Gasteiger partial charge on any atom is 0.335 e. The normalized spacial score (nSPS) is 18.1. The number of carbonyl (C=O) groups is 4.